The minimum absolute atomic E-state index is 0.839. The molecule has 0 saturated carbocycles. The first-order chi connectivity index (χ1) is 9.60. The zero-order chi connectivity index (χ0) is 18.2. The predicted octanol–water partition coefficient (Wildman–Crippen LogP) is 0.583. The van der Waals surface area contributed by atoms with E-state index in [0.29, 0.717) is 0 Å². The van der Waals surface area contributed by atoms with Gasteiger partial charge in [-0.3, -0.25) is 4.55 Å². The van der Waals surface area contributed by atoms with Gasteiger partial charge in [0, 0.05) is 0 Å². The van der Waals surface area contributed by atoms with Crippen LogP contribution in [-0.4, -0.2) is 37.7 Å². The lowest BCUT2D eigenvalue weighted by atomic mass is 10.1. The van der Waals surface area contributed by atoms with E-state index in [4.69, 9.17) is 20.3 Å². The molecular formula is C8H14N4O8S2. The lowest BCUT2D eigenvalue weighted by Crippen LogP contribution is -2.17. The molecule has 0 atom stereocenters. The Morgan fingerprint density at radius 2 is 1.27 bits per heavy atom. The van der Waals surface area contributed by atoms with Gasteiger partial charge in [0.25, 0.3) is 0 Å². The van der Waals surface area contributed by atoms with Crippen molar-refractivity contribution in [2.24, 2.45) is 10.2 Å². The van der Waals surface area contributed by atoms with Gasteiger partial charge in [0.15, 0.2) is 11.1 Å². The molecule has 0 amide bonds. The third kappa shape index (κ3) is 13.3. The van der Waals surface area contributed by atoms with Crippen molar-refractivity contribution in [1.82, 2.24) is 0 Å². The second kappa shape index (κ2) is 8.08. The molecule has 0 spiro atoms. The molecule has 22 heavy (non-hydrogen) atoms. The normalized spacial score (nSPS) is 12.9. The van der Waals surface area contributed by atoms with Crippen molar-refractivity contribution in [3.8, 4) is 12.1 Å². The van der Waals surface area contributed by atoms with Crippen LogP contribution in [0.25, 0.3) is 0 Å². The van der Waals surface area contributed by atoms with Crippen molar-refractivity contribution in [2.45, 2.75) is 38.8 Å². The number of hydrogen-bond donors (Lipinski definition) is 2. The second-order valence-electron chi connectivity index (χ2n) is 4.52. The van der Waals surface area contributed by atoms with Crippen LogP contribution in [0, 0.1) is 22.7 Å². The van der Waals surface area contributed by atoms with E-state index in [1.807, 2.05) is 12.1 Å². The van der Waals surface area contributed by atoms with E-state index in [1.54, 1.807) is 27.7 Å². The lowest BCUT2D eigenvalue weighted by molar-refractivity contribution is -0.138. The van der Waals surface area contributed by atoms with E-state index in [9.17, 15) is 16.8 Å². The molecule has 0 saturated heterocycles. The summed E-state index contributed by atoms with van der Waals surface area (Å²) in [5, 5.41) is 32.0. The van der Waals surface area contributed by atoms with E-state index >= 15 is 0 Å². The molecule has 0 radical (unpaired) electrons. The second-order valence-corrected chi connectivity index (χ2v) is 6.89. The molecule has 12 nitrogen and oxygen atoms in total. The van der Waals surface area contributed by atoms with E-state index in [1.165, 1.54) is 0 Å². The lowest BCUT2D eigenvalue weighted by Gasteiger charge is -2.11. The van der Waals surface area contributed by atoms with Crippen LogP contribution in [0.5, 0.6) is 0 Å². The van der Waals surface area contributed by atoms with Gasteiger partial charge in [0.1, 0.15) is 0 Å². The average Bonchev–Trinajstić information content (AvgIpc) is 2.35. The van der Waals surface area contributed by atoms with Crippen molar-refractivity contribution >= 4 is 20.8 Å². The molecule has 0 unspecified atom stereocenters. The standard InChI is InChI=1S/C8H12N4.H2O8S2/c1-7(2,5-9)11-12-8(3,4)6-10;1-7-10(5,6)8-9(2,3)4/h1-4H3;1H,(H,2,3,4)/b12-11+;. The highest BCUT2D eigenvalue weighted by Gasteiger charge is 2.21. The first kappa shape index (κ1) is 22.6. The van der Waals surface area contributed by atoms with Crippen molar-refractivity contribution < 1.29 is 34.6 Å². The molecule has 0 heterocycles. The van der Waals surface area contributed by atoms with E-state index in [0.717, 1.165) is 0 Å². The Kier molecular flexibility index (Phi) is 8.30. The van der Waals surface area contributed by atoms with Crippen molar-refractivity contribution in [3.63, 3.8) is 0 Å². The zero-order valence-electron chi connectivity index (χ0n) is 11.9. The fourth-order valence-corrected chi connectivity index (χ4v) is 1.35. The largest absolute Gasteiger partial charge is 0.442 e. The van der Waals surface area contributed by atoms with Crippen LogP contribution in [0.15, 0.2) is 10.2 Å². The number of azo groups is 1. The molecule has 0 aliphatic carbocycles. The van der Waals surface area contributed by atoms with Gasteiger partial charge < -0.3 is 0 Å². The Labute approximate surface area is 127 Å². The van der Waals surface area contributed by atoms with Crippen LogP contribution in [-0.2, 0) is 28.8 Å². The van der Waals surface area contributed by atoms with E-state index in [-0.39, 0.29) is 0 Å². The van der Waals surface area contributed by atoms with Gasteiger partial charge in [0.05, 0.1) is 12.1 Å². The quantitative estimate of drug-likeness (QED) is 0.303. The maximum absolute atomic E-state index is 9.78. The molecule has 0 aliphatic heterocycles. The topological polar surface area (TPSA) is 199 Å². The fourth-order valence-electron chi connectivity index (χ4n) is 0.412. The molecule has 0 bridgehead atoms. The highest BCUT2D eigenvalue weighted by molar-refractivity contribution is 7.94. The summed E-state index contributed by atoms with van der Waals surface area (Å²) in [4.78, 5) is 0. The third-order valence-corrected chi connectivity index (χ3v) is 2.89. The summed E-state index contributed by atoms with van der Waals surface area (Å²) in [6.45, 7) is 6.57. The Bertz CT molecular complexity index is 653. The number of nitrogens with zero attached hydrogens (tertiary/aromatic N) is 4. The summed E-state index contributed by atoms with van der Waals surface area (Å²) >= 11 is 0. The Morgan fingerprint density at radius 1 is 0.955 bits per heavy atom. The van der Waals surface area contributed by atoms with Crippen LogP contribution >= 0.6 is 0 Å². The van der Waals surface area contributed by atoms with Crippen LogP contribution < -0.4 is 0 Å². The summed E-state index contributed by atoms with van der Waals surface area (Å²) < 4.78 is 51.7. The van der Waals surface area contributed by atoms with Gasteiger partial charge in [-0.15, -0.1) is 0 Å². The summed E-state index contributed by atoms with van der Waals surface area (Å²) in [5.74, 6) is 0. The minimum atomic E-state index is -5.17. The SMILES string of the molecule is CC(C)(C#N)/N=N/C(C)(C)C#N.O=S(=O)(O)OS(=O)(=O)OO. The highest BCUT2D eigenvalue weighted by atomic mass is 32.3. The molecule has 0 fully saturated rings. The summed E-state index contributed by atoms with van der Waals surface area (Å²) in [6, 6.07) is 3.94. The monoisotopic (exact) mass is 358 g/mol. The molecule has 0 aromatic heterocycles. The van der Waals surface area contributed by atoms with E-state index in [2.05, 4.69) is 18.2 Å². The van der Waals surface area contributed by atoms with Gasteiger partial charge in [-0.1, -0.05) is 7.96 Å². The first-order valence-corrected chi connectivity index (χ1v) is 7.82. The van der Waals surface area contributed by atoms with Gasteiger partial charge in [-0.2, -0.15) is 37.6 Å². The molecule has 2 N–H and O–H groups in total. The van der Waals surface area contributed by atoms with Crippen molar-refractivity contribution in [3.05, 3.63) is 0 Å². The summed E-state index contributed by atoms with van der Waals surface area (Å²) in [7, 11) is -10.2. The van der Waals surface area contributed by atoms with Gasteiger partial charge >= 0.3 is 20.8 Å². The van der Waals surface area contributed by atoms with Crippen LogP contribution in [0.4, 0.5) is 0 Å². The Hall–Kier alpha value is -1.68. The molecule has 0 rings (SSSR count). The minimum Gasteiger partial charge on any atom is -0.263 e. The predicted molar refractivity (Wildman–Crippen MR) is 69.5 cm³/mol. The van der Waals surface area contributed by atoms with Crippen LogP contribution in [0.1, 0.15) is 27.7 Å². The third-order valence-electron chi connectivity index (χ3n) is 1.36. The summed E-state index contributed by atoms with van der Waals surface area (Å²) in [5.41, 5.74) is -1.68. The first-order valence-electron chi connectivity index (χ1n) is 5.13. The smallest absolute Gasteiger partial charge is 0.263 e. The number of rotatable bonds is 5. The van der Waals surface area contributed by atoms with E-state index < -0.39 is 31.9 Å². The van der Waals surface area contributed by atoms with Crippen molar-refractivity contribution in [1.29, 1.82) is 10.5 Å². The highest BCUT2D eigenvalue weighted by Crippen LogP contribution is 2.13. The maximum Gasteiger partial charge on any atom is 0.442 e. The molecule has 0 aliphatic rings. The van der Waals surface area contributed by atoms with Gasteiger partial charge in [-0.25, -0.2) is 5.26 Å². The maximum atomic E-state index is 9.78. The van der Waals surface area contributed by atoms with Crippen LogP contribution in [0.3, 0.4) is 0 Å². The Morgan fingerprint density at radius 3 is 1.41 bits per heavy atom. The molecular weight excluding hydrogens is 344 g/mol. The van der Waals surface area contributed by atoms with Crippen molar-refractivity contribution in [2.75, 3.05) is 0 Å². The Balaban J connectivity index is 0. The molecule has 14 heteroatoms. The average molecular weight is 358 g/mol. The molecule has 126 valence electrons. The zero-order valence-corrected chi connectivity index (χ0v) is 13.6. The molecule has 0 aromatic carbocycles. The number of nitriles is 2. The summed E-state index contributed by atoms with van der Waals surface area (Å²) in [6.07, 6.45) is 0. The van der Waals surface area contributed by atoms with Crippen LogP contribution in [0.2, 0.25) is 0 Å². The van der Waals surface area contributed by atoms with Gasteiger partial charge in [0.2, 0.25) is 0 Å². The number of hydrogen-bond acceptors (Lipinski definition) is 11. The fraction of sp³-hybridized carbons (Fsp3) is 0.750. The van der Waals surface area contributed by atoms with Gasteiger partial charge in [-0.05, 0) is 27.7 Å². The molecule has 0 aromatic rings.